The van der Waals surface area contributed by atoms with Gasteiger partial charge < -0.3 is 24.6 Å². The Hall–Kier alpha value is -4.25. The molecule has 1 unspecified atom stereocenters. The first-order chi connectivity index (χ1) is 20.5. The van der Waals surface area contributed by atoms with Crippen LogP contribution >= 0.6 is 11.3 Å². The molecule has 1 saturated heterocycles. The van der Waals surface area contributed by atoms with Crippen molar-refractivity contribution in [2.45, 2.75) is 52.2 Å². The fraction of sp³-hybridized carbons (Fsp3) is 0.406. The van der Waals surface area contributed by atoms with Crippen LogP contribution in [0.2, 0.25) is 0 Å². The molecular formula is C32H38N4O6S. The van der Waals surface area contributed by atoms with Crippen molar-refractivity contribution in [1.82, 2.24) is 20.1 Å². The zero-order chi connectivity index (χ0) is 31.0. The highest BCUT2D eigenvalue weighted by atomic mass is 32.1. The van der Waals surface area contributed by atoms with E-state index >= 15 is 0 Å². The van der Waals surface area contributed by atoms with Gasteiger partial charge in [0.15, 0.2) is 0 Å². The first-order valence-corrected chi connectivity index (χ1v) is 15.3. The van der Waals surface area contributed by atoms with Crippen LogP contribution in [-0.2, 0) is 19.1 Å². The number of ether oxygens (including phenoxy) is 2. The number of hydrogen-bond donors (Lipinski definition) is 1. The summed E-state index contributed by atoms with van der Waals surface area (Å²) in [5, 5.41) is 6.81. The Bertz CT molecular complexity index is 1410. The summed E-state index contributed by atoms with van der Waals surface area (Å²) in [7, 11) is 0. The van der Waals surface area contributed by atoms with Crippen molar-refractivity contribution in [2.75, 3.05) is 32.8 Å². The van der Waals surface area contributed by atoms with Crippen molar-refractivity contribution in [3.63, 3.8) is 0 Å². The van der Waals surface area contributed by atoms with Crippen LogP contribution in [0.5, 0.6) is 0 Å². The van der Waals surface area contributed by atoms with Crippen LogP contribution in [0, 0.1) is 0 Å². The molecule has 2 aromatic heterocycles. The SMILES string of the molecule is CCOC(=O)N1CCN(C(=O)C(CCC(=O)OC(C)(C)C)NC(=O)c2cc(-c3ccsc3)cc(-c3ccccc3)n2)CC1. The summed E-state index contributed by atoms with van der Waals surface area (Å²) in [5.74, 6) is -1.32. The molecule has 1 atom stereocenters. The number of carbonyl (C=O) groups excluding carboxylic acids is 4. The zero-order valence-corrected chi connectivity index (χ0v) is 25.8. The molecular weight excluding hydrogens is 568 g/mol. The number of nitrogens with one attached hydrogen (secondary N) is 1. The molecule has 3 aromatic rings. The smallest absolute Gasteiger partial charge is 0.409 e. The number of thiophene rings is 1. The molecule has 0 bridgehead atoms. The van der Waals surface area contributed by atoms with Gasteiger partial charge in [0.05, 0.1) is 12.3 Å². The van der Waals surface area contributed by atoms with E-state index in [2.05, 4.69) is 10.3 Å². The number of pyridine rings is 1. The number of esters is 1. The standard InChI is InChI=1S/C32H38N4O6S/c1-5-41-31(40)36-16-14-35(15-17-36)30(39)25(11-12-28(37)42-32(2,3)4)34-29(38)27-20-24(23-13-18-43-21-23)19-26(33-27)22-9-7-6-8-10-22/h6-10,13,18-21,25H,5,11-12,14-17H2,1-4H3,(H,34,38). The third kappa shape index (κ3) is 8.87. The predicted molar refractivity (Wildman–Crippen MR) is 164 cm³/mol. The number of carbonyl (C=O) groups is 4. The normalized spacial score (nSPS) is 14.1. The minimum absolute atomic E-state index is 0.0489. The molecule has 11 heteroatoms. The summed E-state index contributed by atoms with van der Waals surface area (Å²) in [4.78, 5) is 59.9. The highest BCUT2D eigenvalue weighted by molar-refractivity contribution is 7.08. The van der Waals surface area contributed by atoms with E-state index in [4.69, 9.17) is 9.47 Å². The average molecular weight is 607 g/mol. The van der Waals surface area contributed by atoms with Crippen molar-refractivity contribution in [3.05, 3.63) is 65.0 Å². The second-order valence-electron chi connectivity index (χ2n) is 11.2. The molecule has 1 aliphatic heterocycles. The Balaban J connectivity index is 1.56. The van der Waals surface area contributed by atoms with Crippen LogP contribution < -0.4 is 5.32 Å². The van der Waals surface area contributed by atoms with E-state index in [-0.39, 0.29) is 44.1 Å². The molecule has 0 spiro atoms. The van der Waals surface area contributed by atoms with Gasteiger partial charge in [-0.2, -0.15) is 11.3 Å². The predicted octanol–water partition coefficient (Wildman–Crippen LogP) is 5.00. The molecule has 1 N–H and O–H groups in total. The molecule has 228 valence electrons. The molecule has 0 aliphatic carbocycles. The summed E-state index contributed by atoms with van der Waals surface area (Å²) in [6, 6.07) is 14.2. The fourth-order valence-corrected chi connectivity index (χ4v) is 5.35. The topological polar surface area (TPSA) is 118 Å². The van der Waals surface area contributed by atoms with Crippen molar-refractivity contribution in [3.8, 4) is 22.4 Å². The number of rotatable bonds is 9. The van der Waals surface area contributed by atoms with Gasteiger partial charge >= 0.3 is 12.1 Å². The Morgan fingerprint density at radius 1 is 0.953 bits per heavy atom. The van der Waals surface area contributed by atoms with Gasteiger partial charge in [-0.25, -0.2) is 9.78 Å². The van der Waals surface area contributed by atoms with Gasteiger partial charge in [-0.1, -0.05) is 30.3 Å². The van der Waals surface area contributed by atoms with Gasteiger partial charge in [-0.05, 0) is 74.2 Å². The molecule has 0 saturated carbocycles. The molecule has 10 nitrogen and oxygen atoms in total. The second kappa shape index (κ2) is 14.3. The molecule has 1 aromatic carbocycles. The molecule has 3 amide bonds. The van der Waals surface area contributed by atoms with Crippen LogP contribution in [-0.4, -0.2) is 83.1 Å². The molecule has 0 radical (unpaired) electrons. The van der Waals surface area contributed by atoms with Crippen molar-refractivity contribution < 1.29 is 28.7 Å². The third-order valence-electron chi connectivity index (χ3n) is 6.76. The quantitative estimate of drug-likeness (QED) is 0.341. The molecule has 1 fully saturated rings. The van der Waals surface area contributed by atoms with E-state index in [1.54, 1.807) is 54.9 Å². The number of amides is 3. The summed E-state index contributed by atoms with van der Waals surface area (Å²) in [6.45, 7) is 8.50. The largest absolute Gasteiger partial charge is 0.460 e. The number of hydrogen-bond acceptors (Lipinski definition) is 8. The summed E-state index contributed by atoms with van der Waals surface area (Å²) in [5.41, 5.74) is 2.74. The highest BCUT2D eigenvalue weighted by Crippen LogP contribution is 2.28. The maximum absolute atomic E-state index is 13.7. The first kappa shape index (κ1) is 31.7. The van der Waals surface area contributed by atoms with Crippen molar-refractivity contribution in [1.29, 1.82) is 0 Å². The van der Waals surface area contributed by atoms with E-state index in [1.165, 1.54) is 0 Å². The maximum atomic E-state index is 13.7. The Morgan fingerprint density at radius 3 is 2.28 bits per heavy atom. The van der Waals surface area contributed by atoms with E-state index < -0.39 is 29.6 Å². The Labute approximate surface area is 256 Å². The van der Waals surface area contributed by atoms with E-state index in [0.29, 0.717) is 18.8 Å². The lowest BCUT2D eigenvalue weighted by Crippen LogP contribution is -2.56. The van der Waals surface area contributed by atoms with Crippen molar-refractivity contribution >= 4 is 35.2 Å². The van der Waals surface area contributed by atoms with Gasteiger partial charge in [0, 0.05) is 38.2 Å². The fourth-order valence-electron chi connectivity index (χ4n) is 4.69. The highest BCUT2D eigenvalue weighted by Gasteiger charge is 2.32. The lowest BCUT2D eigenvalue weighted by atomic mass is 10.0. The van der Waals surface area contributed by atoms with Crippen LogP contribution in [0.4, 0.5) is 4.79 Å². The lowest BCUT2D eigenvalue weighted by molar-refractivity contribution is -0.155. The summed E-state index contributed by atoms with van der Waals surface area (Å²) < 4.78 is 10.5. The Kier molecular flexibility index (Phi) is 10.5. The maximum Gasteiger partial charge on any atom is 0.409 e. The van der Waals surface area contributed by atoms with Crippen molar-refractivity contribution in [2.24, 2.45) is 0 Å². The number of piperazine rings is 1. The monoisotopic (exact) mass is 606 g/mol. The molecule has 43 heavy (non-hydrogen) atoms. The van der Waals surface area contributed by atoms with E-state index in [9.17, 15) is 19.2 Å². The van der Waals surface area contributed by atoms with Gasteiger partial charge in [-0.3, -0.25) is 14.4 Å². The average Bonchev–Trinajstić information content (AvgIpc) is 3.54. The van der Waals surface area contributed by atoms with Crippen LogP contribution in [0.15, 0.2) is 59.3 Å². The molecule has 4 rings (SSSR count). The molecule has 1 aliphatic rings. The minimum Gasteiger partial charge on any atom is -0.460 e. The van der Waals surface area contributed by atoms with Gasteiger partial charge in [-0.15, -0.1) is 0 Å². The van der Waals surface area contributed by atoms with Gasteiger partial charge in [0.1, 0.15) is 17.3 Å². The zero-order valence-electron chi connectivity index (χ0n) is 25.0. The van der Waals surface area contributed by atoms with Gasteiger partial charge in [0.2, 0.25) is 5.91 Å². The van der Waals surface area contributed by atoms with Crippen LogP contribution in [0.25, 0.3) is 22.4 Å². The third-order valence-corrected chi connectivity index (χ3v) is 7.44. The lowest BCUT2D eigenvalue weighted by Gasteiger charge is -2.36. The molecule has 3 heterocycles. The van der Waals surface area contributed by atoms with E-state index in [1.807, 2.05) is 53.2 Å². The van der Waals surface area contributed by atoms with Crippen LogP contribution in [0.3, 0.4) is 0 Å². The van der Waals surface area contributed by atoms with E-state index in [0.717, 1.165) is 16.7 Å². The van der Waals surface area contributed by atoms with Crippen LogP contribution in [0.1, 0.15) is 51.0 Å². The Morgan fingerprint density at radius 2 is 1.65 bits per heavy atom. The minimum atomic E-state index is -0.999. The van der Waals surface area contributed by atoms with Gasteiger partial charge in [0.25, 0.3) is 5.91 Å². The summed E-state index contributed by atoms with van der Waals surface area (Å²) >= 11 is 1.55. The number of benzene rings is 1. The second-order valence-corrected chi connectivity index (χ2v) is 11.9. The first-order valence-electron chi connectivity index (χ1n) is 14.4. The summed E-state index contributed by atoms with van der Waals surface area (Å²) in [6.07, 6.45) is -0.433. The number of nitrogens with zero attached hydrogens (tertiary/aromatic N) is 3. The number of aromatic nitrogens is 1.